The van der Waals surface area contributed by atoms with Gasteiger partial charge < -0.3 is 9.84 Å². The smallest absolute Gasteiger partial charge is 0.0917 e. The number of hydrogen-bond donors (Lipinski definition) is 1. The van der Waals surface area contributed by atoms with Gasteiger partial charge in [-0.3, -0.25) is 9.80 Å². The first-order valence-corrected chi connectivity index (χ1v) is 7.79. The van der Waals surface area contributed by atoms with E-state index in [0.29, 0.717) is 0 Å². The molecular formula is C17H28N2O2. The summed E-state index contributed by atoms with van der Waals surface area (Å²) in [4.78, 5) is 4.77. The summed E-state index contributed by atoms with van der Waals surface area (Å²) in [5, 5.41) is 10.4. The van der Waals surface area contributed by atoms with E-state index in [9.17, 15) is 5.11 Å². The van der Waals surface area contributed by atoms with Crippen LogP contribution in [-0.4, -0.2) is 67.9 Å². The minimum Gasteiger partial charge on any atom is -0.387 e. The number of aryl methyl sites for hydroxylation is 2. The molecule has 1 fully saturated rings. The van der Waals surface area contributed by atoms with Crippen LogP contribution in [-0.2, 0) is 4.74 Å². The SMILES string of the molecule is COCCN1CCN(C[C@H](O)c2ccc(C)c(C)c2)CC1. The first kappa shape index (κ1) is 16.4. The van der Waals surface area contributed by atoms with Crippen LogP contribution >= 0.6 is 0 Å². The zero-order valence-corrected chi connectivity index (χ0v) is 13.5. The van der Waals surface area contributed by atoms with Gasteiger partial charge in [0.05, 0.1) is 12.7 Å². The average Bonchev–Trinajstić information content (AvgIpc) is 2.49. The summed E-state index contributed by atoms with van der Waals surface area (Å²) in [5.74, 6) is 0. The molecule has 1 aromatic rings. The maximum atomic E-state index is 10.4. The molecule has 1 aliphatic rings. The van der Waals surface area contributed by atoms with Crippen LogP contribution in [0.2, 0.25) is 0 Å². The molecule has 0 radical (unpaired) electrons. The monoisotopic (exact) mass is 292 g/mol. The number of β-amino-alcohol motifs (C(OH)–C–C–N with tert-alkyl or cyclic N) is 1. The van der Waals surface area contributed by atoms with Gasteiger partial charge in [0.1, 0.15) is 0 Å². The molecule has 0 aromatic heterocycles. The predicted octanol–water partition coefficient (Wildman–Crippen LogP) is 1.60. The summed E-state index contributed by atoms with van der Waals surface area (Å²) in [6.45, 7) is 10.9. The number of piperazine rings is 1. The second-order valence-corrected chi connectivity index (χ2v) is 5.99. The quantitative estimate of drug-likeness (QED) is 0.864. The van der Waals surface area contributed by atoms with Crippen molar-refractivity contribution in [3.05, 3.63) is 34.9 Å². The second-order valence-electron chi connectivity index (χ2n) is 5.99. The van der Waals surface area contributed by atoms with E-state index >= 15 is 0 Å². The van der Waals surface area contributed by atoms with Crippen molar-refractivity contribution in [2.24, 2.45) is 0 Å². The minimum absolute atomic E-state index is 0.394. The van der Waals surface area contributed by atoms with Crippen LogP contribution in [0, 0.1) is 13.8 Å². The van der Waals surface area contributed by atoms with Crippen LogP contribution in [0.5, 0.6) is 0 Å². The lowest BCUT2D eigenvalue weighted by molar-refractivity contribution is 0.0611. The Bertz CT molecular complexity index is 442. The molecule has 21 heavy (non-hydrogen) atoms. The van der Waals surface area contributed by atoms with Crippen molar-refractivity contribution in [1.29, 1.82) is 0 Å². The molecule has 1 atom stereocenters. The van der Waals surface area contributed by atoms with E-state index in [1.165, 1.54) is 11.1 Å². The van der Waals surface area contributed by atoms with Crippen molar-refractivity contribution in [2.75, 3.05) is 53.0 Å². The van der Waals surface area contributed by atoms with E-state index in [1.807, 2.05) is 6.07 Å². The van der Waals surface area contributed by atoms with Gasteiger partial charge in [0.15, 0.2) is 0 Å². The zero-order valence-electron chi connectivity index (χ0n) is 13.5. The third kappa shape index (κ3) is 4.78. The van der Waals surface area contributed by atoms with Gasteiger partial charge in [-0.2, -0.15) is 0 Å². The van der Waals surface area contributed by atoms with E-state index in [-0.39, 0.29) is 0 Å². The Kier molecular flexibility index (Phi) is 6.18. The normalized spacial score (nSPS) is 18.9. The summed E-state index contributed by atoms with van der Waals surface area (Å²) in [6.07, 6.45) is -0.394. The van der Waals surface area contributed by atoms with Crippen LogP contribution < -0.4 is 0 Å². The van der Waals surface area contributed by atoms with Crippen molar-refractivity contribution >= 4 is 0 Å². The Labute approximate surface area is 128 Å². The minimum atomic E-state index is -0.394. The Balaban J connectivity index is 1.81. The number of aliphatic hydroxyl groups excluding tert-OH is 1. The molecule has 0 aliphatic carbocycles. The highest BCUT2D eigenvalue weighted by Gasteiger charge is 2.19. The van der Waals surface area contributed by atoms with E-state index in [2.05, 4.69) is 35.8 Å². The number of ether oxygens (including phenoxy) is 1. The Hall–Kier alpha value is -0.940. The van der Waals surface area contributed by atoms with E-state index in [0.717, 1.165) is 51.4 Å². The molecule has 0 unspecified atom stereocenters. The third-order valence-corrected chi connectivity index (χ3v) is 4.42. The number of aliphatic hydroxyl groups is 1. The Morgan fingerprint density at radius 1 is 1.10 bits per heavy atom. The summed E-state index contributed by atoms with van der Waals surface area (Å²) in [6, 6.07) is 6.24. The number of methoxy groups -OCH3 is 1. The molecule has 4 heteroatoms. The van der Waals surface area contributed by atoms with Crippen LogP contribution in [0.15, 0.2) is 18.2 Å². The maximum Gasteiger partial charge on any atom is 0.0917 e. The fourth-order valence-electron chi connectivity index (χ4n) is 2.74. The van der Waals surface area contributed by atoms with Crippen LogP contribution in [0.4, 0.5) is 0 Å². The standard InChI is InChI=1S/C17H28N2O2/c1-14-4-5-16(12-15(14)2)17(20)13-19-8-6-18(7-9-19)10-11-21-3/h4-5,12,17,20H,6-11,13H2,1-3H3/t17-/m0/s1. The Morgan fingerprint density at radius 3 is 2.38 bits per heavy atom. The summed E-state index contributed by atoms with van der Waals surface area (Å²) in [5.41, 5.74) is 3.55. The molecule has 4 nitrogen and oxygen atoms in total. The van der Waals surface area contributed by atoms with E-state index in [1.54, 1.807) is 7.11 Å². The molecule has 0 spiro atoms. The first-order valence-electron chi connectivity index (χ1n) is 7.79. The summed E-state index contributed by atoms with van der Waals surface area (Å²) >= 11 is 0. The third-order valence-electron chi connectivity index (χ3n) is 4.42. The molecule has 1 N–H and O–H groups in total. The Morgan fingerprint density at radius 2 is 1.76 bits per heavy atom. The van der Waals surface area contributed by atoms with Gasteiger partial charge in [0.25, 0.3) is 0 Å². The molecule has 1 heterocycles. The van der Waals surface area contributed by atoms with Crippen molar-refractivity contribution in [3.8, 4) is 0 Å². The number of nitrogens with zero attached hydrogens (tertiary/aromatic N) is 2. The van der Waals surface area contributed by atoms with Crippen molar-refractivity contribution in [2.45, 2.75) is 20.0 Å². The molecule has 1 saturated heterocycles. The van der Waals surface area contributed by atoms with Crippen molar-refractivity contribution in [3.63, 3.8) is 0 Å². The van der Waals surface area contributed by atoms with Gasteiger partial charge in [0, 0.05) is 46.4 Å². The van der Waals surface area contributed by atoms with Crippen molar-refractivity contribution in [1.82, 2.24) is 9.80 Å². The fourth-order valence-corrected chi connectivity index (χ4v) is 2.74. The second kappa shape index (κ2) is 7.90. The highest BCUT2D eigenvalue weighted by atomic mass is 16.5. The van der Waals surface area contributed by atoms with E-state index in [4.69, 9.17) is 4.74 Å². The van der Waals surface area contributed by atoms with Crippen molar-refractivity contribution < 1.29 is 9.84 Å². The highest BCUT2D eigenvalue weighted by molar-refractivity contribution is 5.31. The molecule has 0 bridgehead atoms. The maximum absolute atomic E-state index is 10.4. The zero-order chi connectivity index (χ0) is 15.2. The number of hydrogen-bond acceptors (Lipinski definition) is 4. The van der Waals surface area contributed by atoms with Gasteiger partial charge >= 0.3 is 0 Å². The van der Waals surface area contributed by atoms with Crippen LogP contribution in [0.25, 0.3) is 0 Å². The van der Waals surface area contributed by atoms with Crippen LogP contribution in [0.3, 0.4) is 0 Å². The number of rotatable bonds is 6. The number of benzene rings is 1. The fraction of sp³-hybridized carbons (Fsp3) is 0.647. The molecule has 1 aromatic carbocycles. The summed E-state index contributed by atoms with van der Waals surface area (Å²) < 4.78 is 5.12. The molecule has 0 amide bonds. The van der Waals surface area contributed by atoms with Gasteiger partial charge in [-0.1, -0.05) is 18.2 Å². The van der Waals surface area contributed by atoms with Crippen LogP contribution in [0.1, 0.15) is 22.8 Å². The highest BCUT2D eigenvalue weighted by Crippen LogP contribution is 2.18. The van der Waals surface area contributed by atoms with Gasteiger partial charge in [-0.05, 0) is 30.5 Å². The van der Waals surface area contributed by atoms with Gasteiger partial charge in [-0.15, -0.1) is 0 Å². The van der Waals surface area contributed by atoms with E-state index < -0.39 is 6.10 Å². The topological polar surface area (TPSA) is 35.9 Å². The summed E-state index contributed by atoms with van der Waals surface area (Å²) in [7, 11) is 1.75. The average molecular weight is 292 g/mol. The lowest BCUT2D eigenvalue weighted by Crippen LogP contribution is -2.48. The lowest BCUT2D eigenvalue weighted by Gasteiger charge is -2.35. The van der Waals surface area contributed by atoms with Gasteiger partial charge in [0.2, 0.25) is 0 Å². The lowest BCUT2D eigenvalue weighted by atomic mass is 10.0. The predicted molar refractivity (Wildman–Crippen MR) is 85.6 cm³/mol. The largest absolute Gasteiger partial charge is 0.387 e. The molecule has 2 rings (SSSR count). The molecule has 0 saturated carbocycles. The first-order chi connectivity index (χ1) is 10.1. The molecule has 1 aliphatic heterocycles. The van der Waals surface area contributed by atoms with Gasteiger partial charge in [-0.25, -0.2) is 0 Å². The molecule has 118 valence electrons. The molecular weight excluding hydrogens is 264 g/mol.